The molecule has 2 aromatic rings. The Labute approximate surface area is 150 Å². The van der Waals surface area contributed by atoms with Gasteiger partial charge < -0.3 is 9.88 Å². The highest BCUT2D eigenvalue weighted by Crippen LogP contribution is 2.33. The normalized spacial score (nSPS) is 15.4. The summed E-state index contributed by atoms with van der Waals surface area (Å²) in [5.74, 6) is -1.89. The number of nitrogens with zero attached hydrogens (tertiary/aromatic N) is 4. The number of anilines is 2. The van der Waals surface area contributed by atoms with Crippen LogP contribution < -0.4 is 10.2 Å². The molecule has 1 N–H and O–H groups in total. The minimum atomic E-state index is -4.63. The van der Waals surface area contributed by atoms with E-state index in [1.165, 1.54) is 11.9 Å². The summed E-state index contributed by atoms with van der Waals surface area (Å²) in [4.78, 5) is 25.9. The number of aromatic nitrogens is 3. The summed E-state index contributed by atoms with van der Waals surface area (Å²) in [6.07, 6.45) is -4.63. The average Bonchev–Trinajstić information content (AvgIpc) is 2.94. The highest BCUT2D eigenvalue weighted by molar-refractivity contribution is 8.00. The number of benzene rings is 1. The highest BCUT2D eigenvalue weighted by Gasteiger charge is 2.38. The first-order chi connectivity index (χ1) is 12.2. The number of hydrogen-bond acceptors (Lipinski definition) is 5. The number of rotatable bonds is 3. The van der Waals surface area contributed by atoms with Crippen molar-refractivity contribution in [3.63, 3.8) is 0 Å². The number of carbonyl (C=O) groups excluding carboxylic acids is 2. The minimum Gasteiger partial charge on any atom is -0.323 e. The van der Waals surface area contributed by atoms with Crippen LogP contribution in [-0.4, -0.2) is 38.4 Å². The van der Waals surface area contributed by atoms with Crippen LogP contribution in [0.15, 0.2) is 29.4 Å². The number of amides is 2. The van der Waals surface area contributed by atoms with Crippen LogP contribution in [0.4, 0.5) is 24.5 Å². The third kappa shape index (κ3) is 3.39. The largest absolute Gasteiger partial charge is 0.451 e. The van der Waals surface area contributed by atoms with E-state index in [1.54, 1.807) is 31.2 Å². The summed E-state index contributed by atoms with van der Waals surface area (Å²) in [5.41, 5.74) is 1.05. The van der Waals surface area contributed by atoms with E-state index in [9.17, 15) is 22.8 Å². The third-order valence-electron chi connectivity index (χ3n) is 3.76. The second-order valence-corrected chi connectivity index (χ2v) is 6.92. The number of thioether (sulfide) groups is 1. The Morgan fingerprint density at radius 1 is 1.31 bits per heavy atom. The van der Waals surface area contributed by atoms with Crippen molar-refractivity contribution in [3.05, 3.63) is 30.1 Å². The fraction of sp³-hybridized carbons (Fsp3) is 0.333. The summed E-state index contributed by atoms with van der Waals surface area (Å²) in [6.45, 7) is 1.39. The van der Waals surface area contributed by atoms with Crippen LogP contribution in [0.1, 0.15) is 12.7 Å². The topological polar surface area (TPSA) is 80.1 Å². The number of carbonyl (C=O) groups is 2. The molecule has 1 aromatic heterocycles. The summed E-state index contributed by atoms with van der Waals surface area (Å²) < 4.78 is 39.2. The van der Waals surface area contributed by atoms with Gasteiger partial charge >= 0.3 is 6.18 Å². The van der Waals surface area contributed by atoms with Gasteiger partial charge in [-0.3, -0.25) is 14.5 Å². The van der Waals surface area contributed by atoms with Crippen molar-refractivity contribution in [1.82, 2.24) is 14.8 Å². The molecule has 0 saturated heterocycles. The van der Waals surface area contributed by atoms with E-state index in [-0.39, 0.29) is 17.6 Å². The Morgan fingerprint density at radius 3 is 2.65 bits per heavy atom. The summed E-state index contributed by atoms with van der Waals surface area (Å²) in [5, 5.41) is 8.52. The van der Waals surface area contributed by atoms with Crippen molar-refractivity contribution in [3.8, 4) is 0 Å². The molecule has 0 aliphatic carbocycles. The first kappa shape index (κ1) is 18.2. The zero-order valence-corrected chi connectivity index (χ0v) is 14.6. The molecule has 1 atom stereocenters. The van der Waals surface area contributed by atoms with Gasteiger partial charge in [-0.2, -0.15) is 13.2 Å². The molecule has 0 bridgehead atoms. The Kier molecular flexibility index (Phi) is 4.65. The molecule has 2 amide bonds. The molecule has 0 unspecified atom stereocenters. The minimum absolute atomic E-state index is 0.0343. The zero-order valence-electron chi connectivity index (χ0n) is 13.7. The lowest BCUT2D eigenvalue weighted by atomic mass is 10.2. The predicted molar refractivity (Wildman–Crippen MR) is 88.7 cm³/mol. The van der Waals surface area contributed by atoms with Gasteiger partial charge in [-0.1, -0.05) is 23.9 Å². The van der Waals surface area contributed by atoms with E-state index in [1.807, 2.05) is 0 Å². The molecule has 0 fully saturated rings. The van der Waals surface area contributed by atoms with Crippen LogP contribution >= 0.6 is 11.8 Å². The van der Waals surface area contributed by atoms with Gasteiger partial charge in [0, 0.05) is 7.05 Å². The Balaban J connectivity index is 1.81. The molecule has 138 valence electrons. The van der Waals surface area contributed by atoms with E-state index >= 15 is 0 Å². The van der Waals surface area contributed by atoms with Gasteiger partial charge in [-0.05, 0) is 19.1 Å². The molecular formula is C15H14F3N5O2S. The number of hydrogen-bond donors (Lipinski definition) is 1. The molecule has 1 aliphatic rings. The molecule has 26 heavy (non-hydrogen) atoms. The average molecular weight is 385 g/mol. The maximum Gasteiger partial charge on any atom is 0.451 e. The second-order valence-electron chi connectivity index (χ2n) is 5.61. The molecule has 3 rings (SSSR count). The van der Waals surface area contributed by atoms with Crippen LogP contribution in [0, 0.1) is 0 Å². The van der Waals surface area contributed by atoms with Crippen LogP contribution in [0.2, 0.25) is 0 Å². The molecule has 2 heterocycles. The van der Waals surface area contributed by atoms with Crippen LogP contribution in [0.5, 0.6) is 0 Å². The fourth-order valence-electron chi connectivity index (χ4n) is 2.52. The standard InChI is InChI=1S/C15H14F3N5O2S/c1-8(26-14-21-20-13(22(14)2)15(16,17)18)12(25)23-7-11(24)19-9-5-3-4-6-10(9)23/h3-6,8H,7H2,1-2H3,(H,19,24)/t8-/m1/s1. The maximum absolute atomic E-state index is 12.8. The number of fused-ring (bicyclic) bond motifs is 1. The van der Waals surface area contributed by atoms with E-state index < -0.39 is 23.2 Å². The molecule has 1 aliphatic heterocycles. The monoisotopic (exact) mass is 385 g/mol. The quantitative estimate of drug-likeness (QED) is 0.820. The van der Waals surface area contributed by atoms with Gasteiger partial charge in [-0.25, -0.2) is 0 Å². The van der Waals surface area contributed by atoms with E-state index in [2.05, 4.69) is 15.5 Å². The smallest absolute Gasteiger partial charge is 0.323 e. The second kappa shape index (κ2) is 6.63. The molecule has 0 saturated carbocycles. The van der Waals surface area contributed by atoms with Crippen LogP contribution in [0.25, 0.3) is 0 Å². The van der Waals surface area contributed by atoms with Gasteiger partial charge in [0.2, 0.25) is 17.6 Å². The van der Waals surface area contributed by atoms with Crippen molar-refractivity contribution >= 4 is 35.0 Å². The highest BCUT2D eigenvalue weighted by atomic mass is 32.2. The molecule has 7 nitrogen and oxygen atoms in total. The fourth-order valence-corrected chi connectivity index (χ4v) is 3.40. The first-order valence-electron chi connectivity index (χ1n) is 7.52. The summed E-state index contributed by atoms with van der Waals surface area (Å²) in [6, 6.07) is 6.81. The Morgan fingerprint density at radius 2 is 2.00 bits per heavy atom. The number of alkyl halides is 3. The van der Waals surface area contributed by atoms with Gasteiger partial charge in [0.25, 0.3) is 0 Å². The van der Waals surface area contributed by atoms with Gasteiger partial charge in [-0.15, -0.1) is 10.2 Å². The molecule has 0 spiro atoms. The lowest BCUT2D eigenvalue weighted by Crippen LogP contribution is -2.45. The number of halogens is 3. The SMILES string of the molecule is C[C@@H](Sc1nnc(C(F)(F)F)n1C)C(=O)N1CC(=O)Nc2ccccc21. The van der Waals surface area contributed by atoms with Crippen LogP contribution in [0.3, 0.4) is 0 Å². The van der Waals surface area contributed by atoms with Crippen LogP contribution in [-0.2, 0) is 22.8 Å². The third-order valence-corrected chi connectivity index (χ3v) is 4.88. The maximum atomic E-state index is 12.8. The summed E-state index contributed by atoms with van der Waals surface area (Å²) in [7, 11) is 1.19. The number of nitrogens with one attached hydrogen (secondary N) is 1. The number of para-hydroxylation sites is 2. The van der Waals surface area contributed by atoms with E-state index in [0.717, 1.165) is 16.3 Å². The zero-order chi connectivity index (χ0) is 19.1. The van der Waals surface area contributed by atoms with E-state index in [0.29, 0.717) is 11.4 Å². The van der Waals surface area contributed by atoms with Gasteiger partial charge in [0.05, 0.1) is 16.6 Å². The van der Waals surface area contributed by atoms with Crippen molar-refractivity contribution in [1.29, 1.82) is 0 Å². The molecule has 1 aromatic carbocycles. The lowest BCUT2D eigenvalue weighted by Gasteiger charge is -2.30. The summed E-state index contributed by atoms with van der Waals surface area (Å²) >= 11 is 0.851. The predicted octanol–water partition coefficient (Wildman–Crippen LogP) is 2.30. The van der Waals surface area contributed by atoms with Crippen molar-refractivity contribution in [2.24, 2.45) is 7.05 Å². The lowest BCUT2D eigenvalue weighted by molar-refractivity contribution is -0.147. The molecule has 11 heteroatoms. The Hall–Kier alpha value is -2.56. The Bertz CT molecular complexity index is 867. The first-order valence-corrected chi connectivity index (χ1v) is 8.40. The van der Waals surface area contributed by atoms with Gasteiger partial charge in [0.1, 0.15) is 6.54 Å². The van der Waals surface area contributed by atoms with Gasteiger partial charge in [0.15, 0.2) is 5.16 Å². The van der Waals surface area contributed by atoms with Crippen molar-refractivity contribution < 1.29 is 22.8 Å². The van der Waals surface area contributed by atoms with E-state index in [4.69, 9.17) is 0 Å². The molecular weight excluding hydrogens is 371 g/mol. The van der Waals surface area contributed by atoms with Crippen molar-refractivity contribution in [2.75, 3.05) is 16.8 Å². The molecule has 0 radical (unpaired) electrons. The van der Waals surface area contributed by atoms with Crippen molar-refractivity contribution in [2.45, 2.75) is 23.5 Å².